The lowest BCUT2D eigenvalue weighted by atomic mass is 10.1. The summed E-state index contributed by atoms with van der Waals surface area (Å²) in [6.45, 7) is 4.04. The number of nitrogens with one attached hydrogen (secondary N) is 1. The Bertz CT molecular complexity index is 963. The number of carbonyl (C=O) groups excluding carboxylic acids is 1. The van der Waals surface area contributed by atoms with E-state index in [9.17, 15) is 27.1 Å². The van der Waals surface area contributed by atoms with Crippen molar-refractivity contribution in [1.29, 1.82) is 0 Å². The van der Waals surface area contributed by atoms with Crippen LogP contribution in [0.3, 0.4) is 0 Å². The highest BCUT2D eigenvalue weighted by Gasteiger charge is 2.22. The average Bonchev–Trinajstić information content (AvgIpc) is 2.61. The van der Waals surface area contributed by atoms with Gasteiger partial charge in [0.1, 0.15) is 11.6 Å². The molecular formula is C20H24F2N2O4S. The first kappa shape index (κ1) is 22.8. The number of halogens is 2. The number of aliphatic hydroxyl groups excluding tert-OH is 1. The highest BCUT2D eigenvalue weighted by molar-refractivity contribution is 7.92. The molecule has 1 atom stereocenters. The molecule has 2 rings (SSSR count). The Morgan fingerprint density at radius 1 is 1.10 bits per heavy atom. The van der Waals surface area contributed by atoms with Crippen LogP contribution in [0.4, 0.5) is 14.5 Å². The van der Waals surface area contributed by atoms with Gasteiger partial charge in [-0.15, -0.1) is 0 Å². The molecule has 0 aromatic heterocycles. The van der Waals surface area contributed by atoms with Crippen molar-refractivity contribution in [3.63, 3.8) is 0 Å². The minimum Gasteiger partial charge on any atom is -0.387 e. The van der Waals surface area contributed by atoms with Crippen molar-refractivity contribution in [2.75, 3.05) is 24.1 Å². The highest BCUT2D eigenvalue weighted by Crippen LogP contribution is 2.21. The van der Waals surface area contributed by atoms with Gasteiger partial charge < -0.3 is 10.0 Å². The van der Waals surface area contributed by atoms with Crippen LogP contribution in [0.2, 0.25) is 0 Å². The number of amides is 1. The smallest absolute Gasteiger partial charge is 0.254 e. The molecule has 1 amide bonds. The summed E-state index contributed by atoms with van der Waals surface area (Å²) in [7, 11) is -3.73. The molecule has 0 aliphatic carbocycles. The number of hydrogen-bond donors (Lipinski definition) is 2. The van der Waals surface area contributed by atoms with Crippen molar-refractivity contribution in [1.82, 2.24) is 4.90 Å². The molecule has 2 N–H and O–H groups in total. The van der Waals surface area contributed by atoms with E-state index >= 15 is 0 Å². The summed E-state index contributed by atoms with van der Waals surface area (Å²) in [5.41, 5.74) is 0.193. The second kappa shape index (κ2) is 9.32. The minimum atomic E-state index is -3.73. The maximum absolute atomic E-state index is 13.9. The quantitative estimate of drug-likeness (QED) is 0.679. The Balaban J connectivity index is 2.28. The Hall–Kier alpha value is -2.52. The SMILES string of the molecule is CC(C)CN(CC(O)c1ccc(F)cc1)C(=O)c1ccc(F)c(NS(C)(=O)=O)c1. The van der Waals surface area contributed by atoms with E-state index in [1.807, 2.05) is 18.6 Å². The van der Waals surface area contributed by atoms with Crippen LogP contribution in [0.5, 0.6) is 0 Å². The average molecular weight is 426 g/mol. The molecule has 9 heteroatoms. The Morgan fingerprint density at radius 3 is 2.28 bits per heavy atom. The normalized spacial score (nSPS) is 12.7. The van der Waals surface area contributed by atoms with E-state index in [0.29, 0.717) is 12.1 Å². The first-order valence-corrected chi connectivity index (χ1v) is 10.9. The minimum absolute atomic E-state index is 0.0607. The molecule has 0 heterocycles. The van der Waals surface area contributed by atoms with Crippen LogP contribution in [0.1, 0.15) is 35.9 Å². The number of rotatable bonds is 8. The van der Waals surface area contributed by atoms with Crippen LogP contribution in [0.25, 0.3) is 0 Å². The van der Waals surface area contributed by atoms with Crippen molar-refractivity contribution < 1.29 is 27.1 Å². The second-order valence-electron chi connectivity index (χ2n) is 7.24. The number of nitrogens with zero attached hydrogens (tertiary/aromatic N) is 1. The Morgan fingerprint density at radius 2 is 1.72 bits per heavy atom. The lowest BCUT2D eigenvalue weighted by molar-refractivity contribution is 0.0594. The van der Waals surface area contributed by atoms with Gasteiger partial charge in [0.15, 0.2) is 0 Å². The zero-order valence-electron chi connectivity index (χ0n) is 16.4. The van der Waals surface area contributed by atoms with E-state index in [1.165, 1.54) is 35.2 Å². The summed E-state index contributed by atoms with van der Waals surface area (Å²) in [5.74, 6) is -1.66. The van der Waals surface area contributed by atoms with Gasteiger partial charge in [-0.05, 0) is 41.8 Å². The molecule has 2 aromatic carbocycles. The predicted octanol–water partition coefficient (Wildman–Crippen LogP) is 3.17. The van der Waals surface area contributed by atoms with Crippen LogP contribution in [0.15, 0.2) is 42.5 Å². The molecule has 0 spiro atoms. The molecule has 1 unspecified atom stereocenters. The molecule has 0 aliphatic heterocycles. The van der Waals surface area contributed by atoms with Gasteiger partial charge in [0.2, 0.25) is 10.0 Å². The third kappa shape index (κ3) is 6.79. The monoisotopic (exact) mass is 426 g/mol. The summed E-state index contributed by atoms with van der Waals surface area (Å²) in [6.07, 6.45) is -0.169. The molecule has 0 saturated heterocycles. The van der Waals surface area contributed by atoms with Crippen LogP contribution in [0, 0.1) is 17.6 Å². The van der Waals surface area contributed by atoms with Crippen LogP contribution in [-0.4, -0.2) is 43.7 Å². The number of benzene rings is 2. The molecule has 2 aromatic rings. The lowest BCUT2D eigenvalue weighted by Crippen LogP contribution is -2.37. The van der Waals surface area contributed by atoms with Crippen molar-refractivity contribution in [2.24, 2.45) is 5.92 Å². The third-order valence-corrected chi connectivity index (χ3v) is 4.62. The molecule has 158 valence electrons. The van der Waals surface area contributed by atoms with Crippen LogP contribution in [-0.2, 0) is 10.0 Å². The van der Waals surface area contributed by atoms with E-state index < -0.39 is 33.7 Å². The molecule has 6 nitrogen and oxygen atoms in total. The largest absolute Gasteiger partial charge is 0.387 e. The Labute approximate surface area is 169 Å². The first-order valence-electron chi connectivity index (χ1n) is 8.96. The van der Waals surface area contributed by atoms with Crippen molar-refractivity contribution in [3.8, 4) is 0 Å². The number of aliphatic hydroxyl groups is 1. The van der Waals surface area contributed by atoms with Gasteiger partial charge in [0.25, 0.3) is 5.91 Å². The fraction of sp³-hybridized carbons (Fsp3) is 0.350. The molecular weight excluding hydrogens is 402 g/mol. The van der Waals surface area contributed by atoms with Gasteiger partial charge in [0.05, 0.1) is 24.6 Å². The van der Waals surface area contributed by atoms with Crippen LogP contribution < -0.4 is 4.72 Å². The van der Waals surface area contributed by atoms with E-state index in [2.05, 4.69) is 0 Å². The van der Waals surface area contributed by atoms with E-state index in [-0.39, 0.29) is 23.7 Å². The van der Waals surface area contributed by atoms with Gasteiger partial charge in [0, 0.05) is 12.1 Å². The number of carbonyl (C=O) groups is 1. The van der Waals surface area contributed by atoms with Crippen molar-refractivity contribution in [3.05, 3.63) is 65.2 Å². The fourth-order valence-electron chi connectivity index (χ4n) is 2.80. The molecule has 0 bridgehead atoms. The topological polar surface area (TPSA) is 86.7 Å². The number of anilines is 1. The summed E-state index contributed by atoms with van der Waals surface area (Å²) in [6, 6.07) is 8.68. The van der Waals surface area contributed by atoms with Gasteiger partial charge in [-0.3, -0.25) is 9.52 Å². The number of sulfonamides is 1. The summed E-state index contributed by atoms with van der Waals surface area (Å²) in [4.78, 5) is 14.4. The number of hydrogen-bond acceptors (Lipinski definition) is 4. The molecule has 0 saturated carbocycles. The predicted molar refractivity (Wildman–Crippen MR) is 107 cm³/mol. The zero-order valence-corrected chi connectivity index (χ0v) is 17.2. The first-order chi connectivity index (χ1) is 13.5. The lowest BCUT2D eigenvalue weighted by Gasteiger charge is -2.27. The summed E-state index contributed by atoms with van der Waals surface area (Å²) >= 11 is 0. The highest BCUT2D eigenvalue weighted by atomic mass is 32.2. The molecule has 29 heavy (non-hydrogen) atoms. The molecule has 0 fully saturated rings. The van der Waals surface area contributed by atoms with Gasteiger partial charge >= 0.3 is 0 Å². The standard InChI is InChI=1S/C20H24F2N2O4S/c1-13(2)11-24(12-19(25)14-4-7-16(21)8-5-14)20(26)15-6-9-17(22)18(10-15)23-29(3,27)28/h4-10,13,19,23,25H,11-12H2,1-3H3. The van der Waals surface area contributed by atoms with Crippen LogP contribution >= 0.6 is 0 Å². The summed E-state index contributed by atoms with van der Waals surface area (Å²) in [5, 5.41) is 10.5. The maximum Gasteiger partial charge on any atom is 0.254 e. The molecule has 0 radical (unpaired) electrons. The van der Waals surface area contributed by atoms with E-state index in [4.69, 9.17) is 0 Å². The zero-order chi connectivity index (χ0) is 21.8. The fourth-order valence-corrected chi connectivity index (χ4v) is 3.35. The Kier molecular flexibility index (Phi) is 7.32. The van der Waals surface area contributed by atoms with Crippen molar-refractivity contribution in [2.45, 2.75) is 20.0 Å². The molecule has 0 aliphatic rings. The second-order valence-corrected chi connectivity index (χ2v) is 8.99. The third-order valence-electron chi connectivity index (χ3n) is 4.03. The summed E-state index contributed by atoms with van der Waals surface area (Å²) < 4.78 is 51.9. The van der Waals surface area contributed by atoms with Gasteiger partial charge in [-0.1, -0.05) is 26.0 Å². The van der Waals surface area contributed by atoms with E-state index in [1.54, 1.807) is 0 Å². The van der Waals surface area contributed by atoms with E-state index in [0.717, 1.165) is 18.4 Å². The van der Waals surface area contributed by atoms with Gasteiger partial charge in [-0.25, -0.2) is 17.2 Å². The maximum atomic E-state index is 13.9. The van der Waals surface area contributed by atoms with Crippen molar-refractivity contribution >= 4 is 21.6 Å². The van der Waals surface area contributed by atoms with Gasteiger partial charge in [-0.2, -0.15) is 0 Å².